The fraction of sp³-hybridized carbons (Fsp3) is 0.278. The van der Waals surface area contributed by atoms with E-state index in [0.717, 1.165) is 27.4 Å². The lowest BCUT2D eigenvalue weighted by atomic mass is 10.0. The van der Waals surface area contributed by atoms with E-state index in [2.05, 4.69) is 16.4 Å². The Kier molecular flexibility index (Phi) is 4.32. The number of carbonyl (C=O) groups is 1. The van der Waals surface area contributed by atoms with Crippen molar-refractivity contribution in [2.75, 3.05) is 20.8 Å². The van der Waals surface area contributed by atoms with Gasteiger partial charge in [0.15, 0.2) is 6.29 Å². The fourth-order valence-electron chi connectivity index (χ4n) is 2.90. The second-order valence-corrected chi connectivity index (χ2v) is 5.44. The van der Waals surface area contributed by atoms with Gasteiger partial charge in [-0.2, -0.15) is 0 Å². The summed E-state index contributed by atoms with van der Waals surface area (Å²) in [5.41, 5.74) is 3.73. The molecule has 0 aliphatic rings. The Morgan fingerprint density at radius 1 is 1.13 bits per heavy atom. The Balaban J connectivity index is 1.97. The molecule has 1 heterocycles. The van der Waals surface area contributed by atoms with Crippen molar-refractivity contribution >= 4 is 27.7 Å². The maximum absolute atomic E-state index is 12.5. The normalized spacial score (nSPS) is 11.5. The number of H-pyrrole nitrogens is 1. The van der Waals surface area contributed by atoms with Crippen LogP contribution in [0, 0.1) is 6.92 Å². The molecule has 0 bridgehead atoms. The van der Waals surface area contributed by atoms with E-state index in [4.69, 9.17) is 9.47 Å². The molecule has 0 unspecified atom stereocenters. The molecule has 2 aromatic carbocycles. The number of benzene rings is 2. The second-order valence-electron chi connectivity index (χ2n) is 5.44. The van der Waals surface area contributed by atoms with Crippen LogP contribution >= 0.6 is 0 Å². The molecule has 3 rings (SSSR count). The van der Waals surface area contributed by atoms with Crippen molar-refractivity contribution in [3.63, 3.8) is 0 Å². The molecule has 2 N–H and O–H groups in total. The second kappa shape index (κ2) is 6.40. The minimum Gasteiger partial charge on any atom is -0.355 e. The highest BCUT2D eigenvalue weighted by Gasteiger charge is 2.15. The Morgan fingerprint density at radius 3 is 2.61 bits per heavy atom. The van der Waals surface area contributed by atoms with E-state index < -0.39 is 6.29 Å². The van der Waals surface area contributed by atoms with Crippen LogP contribution in [0.25, 0.3) is 21.8 Å². The molecule has 3 aromatic rings. The summed E-state index contributed by atoms with van der Waals surface area (Å²) in [6.07, 6.45) is -0.448. The number of para-hydroxylation sites is 1. The van der Waals surface area contributed by atoms with Crippen molar-refractivity contribution in [3.05, 3.63) is 47.5 Å². The van der Waals surface area contributed by atoms with Gasteiger partial charge in [0, 0.05) is 41.6 Å². The van der Waals surface area contributed by atoms with Gasteiger partial charge in [-0.1, -0.05) is 18.2 Å². The molecule has 5 nitrogen and oxygen atoms in total. The zero-order valence-electron chi connectivity index (χ0n) is 13.5. The average Bonchev–Trinajstić information content (AvgIpc) is 2.95. The maximum atomic E-state index is 12.5. The van der Waals surface area contributed by atoms with Crippen LogP contribution in [0.15, 0.2) is 36.4 Å². The molecule has 0 aliphatic carbocycles. The van der Waals surface area contributed by atoms with Crippen LogP contribution in [0.5, 0.6) is 0 Å². The number of nitrogens with one attached hydrogen (secondary N) is 2. The topological polar surface area (TPSA) is 63.3 Å². The van der Waals surface area contributed by atoms with Crippen molar-refractivity contribution in [1.82, 2.24) is 10.3 Å². The van der Waals surface area contributed by atoms with Crippen LogP contribution in [0.3, 0.4) is 0 Å². The van der Waals surface area contributed by atoms with Crippen LogP contribution in [-0.4, -0.2) is 37.9 Å². The van der Waals surface area contributed by atoms with E-state index >= 15 is 0 Å². The highest BCUT2D eigenvalue weighted by atomic mass is 16.7. The van der Waals surface area contributed by atoms with Crippen LogP contribution in [0.1, 0.15) is 15.9 Å². The lowest BCUT2D eigenvalue weighted by Crippen LogP contribution is -2.34. The summed E-state index contributed by atoms with van der Waals surface area (Å²) in [5, 5.41) is 5.06. The minimum atomic E-state index is -0.448. The maximum Gasteiger partial charge on any atom is 0.251 e. The lowest BCUT2D eigenvalue weighted by molar-refractivity contribution is -0.0974. The van der Waals surface area contributed by atoms with Crippen molar-refractivity contribution in [2.45, 2.75) is 13.2 Å². The molecule has 0 spiro atoms. The summed E-state index contributed by atoms with van der Waals surface area (Å²) in [7, 11) is 3.09. The van der Waals surface area contributed by atoms with Gasteiger partial charge < -0.3 is 19.8 Å². The molecular formula is C18H20N2O3. The van der Waals surface area contributed by atoms with Crippen LogP contribution in [0.4, 0.5) is 0 Å². The number of methoxy groups -OCH3 is 2. The standard InChI is InChI=1S/C18H20N2O3/c1-11-12(18(21)19-10-16(22-2)23-3)8-9-15-17(11)13-6-4-5-7-14(13)20-15/h4-9,16,20H,10H2,1-3H3,(H,19,21). The summed E-state index contributed by atoms with van der Waals surface area (Å²) in [5.74, 6) is -0.131. The molecule has 0 atom stereocenters. The monoisotopic (exact) mass is 312 g/mol. The SMILES string of the molecule is COC(CNC(=O)c1ccc2[nH]c3ccccc3c2c1C)OC. The number of aromatic amines is 1. The van der Waals surface area contributed by atoms with Crippen molar-refractivity contribution in [3.8, 4) is 0 Å². The van der Waals surface area contributed by atoms with Crippen LogP contribution < -0.4 is 5.32 Å². The fourth-order valence-corrected chi connectivity index (χ4v) is 2.90. The first-order valence-corrected chi connectivity index (χ1v) is 7.49. The summed E-state index contributed by atoms with van der Waals surface area (Å²) in [6, 6.07) is 11.9. The smallest absolute Gasteiger partial charge is 0.251 e. The molecular weight excluding hydrogens is 292 g/mol. The van der Waals surface area contributed by atoms with Gasteiger partial charge in [-0.15, -0.1) is 0 Å². The number of aryl methyl sites for hydroxylation is 1. The molecule has 120 valence electrons. The van der Waals surface area contributed by atoms with Gasteiger partial charge >= 0.3 is 0 Å². The Labute approximate surface area is 134 Å². The molecule has 0 fully saturated rings. The van der Waals surface area contributed by atoms with Crippen molar-refractivity contribution in [2.24, 2.45) is 0 Å². The molecule has 0 saturated carbocycles. The lowest BCUT2D eigenvalue weighted by Gasteiger charge is -2.15. The number of hydrogen-bond donors (Lipinski definition) is 2. The van der Waals surface area contributed by atoms with E-state index in [9.17, 15) is 4.79 Å². The van der Waals surface area contributed by atoms with E-state index in [1.165, 1.54) is 0 Å². The molecule has 0 aliphatic heterocycles. The highest BCUT2D eigenvalue weighted by molar-refractivity contribution is 6.12. The number of carbonyl (C=O) groups excluding carboxylic acids is 1. The average molecular weight is 312 g/mol. The van der Waals surface area contributed by atoms with Gasteiger partial charge in [-0.05, 0) is 30.7 Å². The summed E-state index contributed by atoms with van der Waals surface area (Å²) in [4.78, 5) is 15.9. The number of aromatic nitrogens is 1. The number of amides is 1. The summed E-state index contributed by atoms with van der Waals surface area (Å²) in [6.45, 7) is 2.28. The molecule has 0 radical (unpaired) electrons. The third-order valence-electron chi connectivity index (χ3n) is 4.13. The Morgan fingerprint density at radius 2 is 1.87 bits per heavy atom. The van der Waals surface area contributed by atoms with E-state index in [-0.39, 0.29) is 5.91 Å². The number of rotatable bonds is 5. The number of fused-ring (bicyclic) bond motifs is 3. The minimum absolute atomic E-state index is 0.131. The highest BCUT2D eigenvalue weighted by Crippen LogP contribution is 2.29. The van der Waals surface area contributed by atoms with E-state index in [1.54, 1.807) is 14.2 Å². The zero-order valence-corrected chi connectivity index (χ0v) is 13.5. The van der Waals surface area contributed by atoms with Gasteiger partial charge in [0.1, 0.15) is 0 Å². The van der Waals surface area contributed by atoms with Crippen LogP contribution in [-0.2, 0) is 9.47 Å². The van der Waals surface area contributed by atoms with Crippen molar-refractivity contribution in [1.29, 1.82) is 0 Å². The van der Waals surface area contributed by atoms with Gasteiger partial charge in [0.2, 0.25) is 0 Å². The summed E-state index contributed by atoms with van der Waals surface area (Å²) >= 11 is 0. The van der Waals surface area contributed by atoms with E-state index in [0.29, 0.717) is 12.1 Å². The van der Waals surface area contributed by atoms with Gasteiger partial charge in [0.05, 0.1) is 6.54 Å². The Hall–Kier alpha value is -2.37. The van der Waals surface area contributed by atoms with Gasteiger partial charge in [-0.25, -0.2) is 0 Å². The third-order valence-corrected chi connectivity index (χ3v) is 4.13. The molecule has 0 saturated heterocycles. The molecule has 5 heteroatoms. The van der Waals surface area contributed by atoms with E-state index in [1.807, 2.05) is 37.3 Å². The van der Waals surface area contributed by atoms with Gasteiger partial charge in [0.25, 0.3) is 5.91 Å². The number of ether oxygens (including phenoxy) is 2. The first kappa shape index (κ1) is 15.5. The van der Waals surface area contributed by atoms with Crippen molar-refractivity contribution < 1.29 is 14.3 Å². The largest absolute Gasteiger partial charge is 0.355 e. The Bertz CT molecular complexity index is 850. The van der Waals surface area contributed by atoms with Gasteiger partial charge in [-0.3, -0.25) is 4.79 Å². The predicted molar refractivity (Wildman–Crippen MR) is 90.7 cm³/mol. The molecule has 1 aromatic heterocycles. The first-order valence-electron chi connectivity index (χ1n) is 7.49. The first-order chi connectivity index (χ1) is 11.2. The number of hydrogen-bond acceptors (Lipinski definition) is 3. The third kappa shape index (κ3) is 2.81. The molecule has 23 heavy (non-hydrogen) atoms. The molecule has 1 amide bonds. The quantitative estimate of drug-likeness (QED) is 0.712. The predicted octanol–water partition coefficient (Wildman–Crippen LogP) is 2.98. The zero-order chi connectivity index (χ0) is 16.4. The van der Waals surface area contributed by atoms with Crippen LogP contribution in [0.2, 0.25) is 0 Å². The summed E-state index contributed by atoms with van der Waals surface area (Å²) < 4.78 is 10.2.